The van der Waals surface area contributed by atoms with Crippen molar-refractivity contribution >= 4 is 56.3 Å². The molecule has 0 saturated heterocycles. The number of nitrogens with zero attached hydrogens (tertiary/aromatic N) is 5. The smallest absolute Gasteiger partial charge is 0.164 e. The number of hydrogen-bond acceptors (Lipinski definition) is 5. The van der Waals surface area contributed by atoms with Crippen molar-refractivity contribution < 1.29 is 0 Å². The van der Waals surface area contributed by atoms with E-state index in [4.69, 9.17) is 25.0 Å². The molecule has 43 heavy (non-hydrogen) atoms. The fourth-order valence-electron chi connectivity index (χ4n) is 6.41. The average molecular weight is 556 g/mol. The third-order valence-electron chi connectivity index (χ3n) is 8.51. The van der Waals surface area contributed by atoms with Gasteiger partial charge in [-0.25, -0.2) is 25.0 Å². The van der Waals surface area contributed by atoms with E-state index in [1.165, 1.54) is 5.57 Å². The molecular formula is C36H25N7. The number of rotatable bonds is 1. The lowest BCUT2D eigenvalue weighted by molar-refractivity contribution is 1.02. The van der Waals surface area contributed by atoms with Crippen molar-refractivity contribution in [2.75, 3.05) is 0 Å². The predicted molar refractivity (Wildman–Crippen MR) is 173 cm³/mol. The van der Waals surface area contributed by atoms with Crippen molar-refractivity contribution in [3.63, 3.8) is 0 Å². The Morgan fingerprint density at radius 1 is 0.512 bits per heavy atom. The van der Waals surface area contributed by atoms with Gasteiger partial charge in [0, 0.05) is 50.2 Å². The first-order valence-electron chi connectivity index (χ1n) is 14.6. The van der Waals surface area contributed by atoms with Crippen LogP contribution in [-0.4, -0.2) is 27.4 Å². The summed E-state index contributed by atoms with van der Waals surface area (Å²) in [6.45, 7) is 2.19. The molecule has 0 unspecified atom stereocenters. The summed E-state index contributed by atoms with van der Waals surface area (Å²) in [6.07, 6.45) is 1.57. The molecule has 2 aliphatic heterocycles. The summed E-state index contributed by atoms with van der Waals surface area (Å²) in [6, 6.07) is 33.1. The van der Waals surface area contributed by atoms with Gasteiger partial charge in [-0.15, -0.1) is 0 Å². The molecule has 204 valence electrons. The molecule has 4 aromatic carbocycles. The maximum atomic E-state index is 5.32. The third-order valence-corrected chi connectivity index (χ3v) is 8.51. The minimum atomic E-state index is 0.619. The van der Waals surface area contributed by atoms with Crippen LogP contribution in [0.1, 0.15) is 42.0 Å². The Kier molecular flexibility index (Phi) is 5.10. The molecule has 8 bridgehead atoms. The Labute approximate surface area is 246 Å². The third kappa shape index (κ3) is 3.64. The van der Waals surface area contributed by atoms with Crippen LogP contribution >= 0.6 is 0 Å². The second-order valence-electron chi connectivity index (χ2n) is 11.0. The maximum absolute atomic E-state index is 5.32. The van der Waals surface area contributed by atoms with Gasteiger partial charge in [-0.3, -0.25) is 0 Å². The number of hydrogen-bond donors (Lipinski definition) is 2. The van der Waals surface area contributed by atoms with Crippen LogP contribution in [0.5, 0.6) is 0 Å². The average Bonchev–Trinajstić information content (AvgIpc) is 3.70. The Balaban J connectivity index is 1.44. The normalized spacial score (nSPS) is 17.7. The number of allylic oxidation sites excluding steroid dienone is 1. The zero-order valence-electron chi connectivity index (χ0n) is 23.4. The first kappa shape index (κ1) is 24.0. The van der Waals surface area contributed by atoms with Gasteiger partial charge in [-0.2, -0.15) is 0 Å². The number of aliphatic imine (C=N–C) groups is 3. The van der Waals surface area contributed by atoms with Gasteiger partial charge in [0.25, 0.3) is 0 Å². The first-order chi connectivity index (χ1) is 21.2. The molecule has 0 atom stereocenters. The number of nitrogens with one attached hydrogen (secondary N) is 2. The summed E-state index contributed by atoms with van der Waals surface area (Å²) in [5.74, 6) is 2.76. The van der Waals surface area contributed by atoms with Crippen LogP contribution in [0.25, 0.3) is 27.2 Å². The Morgan fingerprint density at radius 3 is 1.72 bits per heavy atom. The van der Waals surface area contributed by atoms with Crippen molar-refractivity contribution in [3.8, 4) is 0 Å². The van der Waals surface area contributed by atoms with Gasteiger partial charge in [-0.05, 0) is 12.0 Å². The standard InChI is InChI=1S/C36H25N7/c1-2-20-19-29-21-11-3-4-12-22(21)30(20)38-32-24-14-6-8-16-26(24)34(40-32)42-36-28-18-10-9-17-27(28)35(43-36)41-33-25-15-7-5-13-23(25)31(37-29)39-33/h3-18,39H,2,19H2,1H3,(H,38,40,41,42,43)/b37-29+. The topological polar surface area (TPSA) is 93.4 Å². The van der Waals surface area contributed by atoms with Gasteiger partial charge in [0.2, 0.25) is 0 Å². The van der Waals surface area contributed by atoms with Gasteiger partial charge in [0.05, 0.1) is 11.4 Å². The molecule has 2 aromatic heterocycles. The molecule has 0 saturated carbocycles. The zero-order valence-corrected chi connectivity index (χ0v) is 23.4. The Bertz CT molecular complexity index is 2410. The van der Waals surface area contributed by atoms with Crippen LogP contribution in [0.2, 0.25) is 0 Å². The van der Waals surface area contributed by atoms with Gasteiger partial charge >= 0.3 is 0 Å². The van der Waals surface area contributed by atoms with Gasteiger partial charge < -0.3 is 9.97 Å². The van der Waals surface area contributed by atoms with E-state index < -0.39 is 0 Å². The van der Waals surface area contributed by atoms with Crippen LogP contribution in [0.4, 0.5) is 11.6 Å². The molecule has 7 nitrogen and oxygen atoms in total. The molecule has 0 amide bonds. The number of benzene rings is 4. The van der Waals surface area contributed by atoms with E-state index in [-0.39, 0.29) is 0 Å². The van der Waals surface area contributed by atoms with Crippen LogP contribution in [0, 0.1) is 0 Å². The SMILES string of the molecule is CCC1=C2N=c3[nH]c(c4ccccc34)=NC3=N/C(=N\c4[nH]c(c5ccccc45)/N=C(\C1)c1ccccc12)c1ccccc13. The Morgan fingerprint density at radius 2 is 1.05 bits per heavy atom. The van der Waals surface area contributed by atoms with Crippen molar-refractivity contribution in [1.82, 2.24) is 9.97 Å². The van der Waals surface area contributed by atoms with Crippen molar-refractivity contribution in [2.24, 2.45) is 25.0 Å². The summed E-state index contributed by atoms with van der Waals surface area (Å²) in [5.41, 5.74) is 8.83. The lowest BCUT2D eigenvalue weighted by Gasteiger charge is -2.22. The number of aromatic nitrogens is 2. The largest absolute Gasteiger partial charge is 0.324 e. The van der Waals surface area contributed by atoms with Crippen LogP contribution in [0.3, 0.4) is 0 Å². The number of H-pyrrole nitrogens is 2. The number of amidine groups is 2. The highest BCUT2D eigenvalue weighted by Crippen LogP contribution is 2.39. The summed E-state index contributed by atoms with van der Waals surface area (Å²) in [4.78, 5) is 32.9. The van der Waals surface area contributed by atoms with Gasteiger partial charge in [0.15, 0.2) is 11.7 Å². The van der Waals surface area contributed by atoms with E-state index in [2.05, 4.69) is 65.4 Å². The molecule has 0 spiro atoms. The lowest BCUT2D eigenvalue weighted by Crippen LogP contribution is -2.16. The van der Waals surface area contributed by atoms with Crippen molar-refractivity contribution in [3.05, 3.63) is 136 Å². The van der Waals surface area contributed by atoms with E-state index in [1.807, 2.05) is 48.5 Å². The zero-order chi connectivity index (χ0) is 28.5. The van der Waals surface area contributed by atoms with E-state index in [1.54, 1.807) is 0 Å². The molecule has 0 fully saturated rings. The first-order valence-corrected chi connectivity index (χ1v) is 14.6. The summed E-state index contributed by atoms with van der Waals surface area (Å²) in [5, 5.41) is 4.04. The van der Waals surface area contributed by atoms with Gasteiger partial charge in [-0.1, -0.05) is 104 Å². The Hall–Kier alpha value is -5.69. The van der Waals surface area contributed by atoms with Gasteiger partial charge in [0.1, 0.15) is 22.6 Å². The summed E-state index contributed by atoms with van der Waals surface area (Å²) in [7, 11) is 0. The monoisotopic (exact) mass is 555 g/mol. The summed E-state index contributed by atoms with van der Waals surface area (Å²) >= 11 is 0. The minimum Gasteiger partial charge on any atom is -0.324 e. The highest BCUT2D eigenvalue weighted by molar-refractivity contribution is 6.23. The number of aromatic amines is 2. The van der Waals surface area contributed by atoms with E-state index in [0.717, 1.165) is 84.2 Å². The van der Waals surface area contributed by atoms with Crippen LogP contribution in [-0.2, 0) is 0 Å². The van der Waals surface area contributed by atoms with Crippen LogP contribution in [0.15, 0.2) is 128 Å². The molecule has 7 heteroatoms. The number of fused-ring (bicyclic) bond motifs is 19. The fraction of sp³-hybridized carbons (Fsp3) is 0.0833. The predicted octanol–water partition coefficient (Wildman–Crippen LogP) is 7.09. The fourth-order valence-corrected chi connectivity index (χ4v) is 6.41. The molecule has 4 heterocycles. The molecule has 0 radical (unpaired) electrons. The van der Waals surface area contributed by atoms with E-state index in [9.17, 15) is 0 Å². The molecule has 3 aliphatic rings. The molecule has 9 rings (SSSR count). The molecular weight excluding hydrogens is 530 g/mol. The molecule has 2 N–H and O–H groups in total. The second kappa shape index (κ2) is 9.16. The van der Waals surface area contributed by atoms with E-state index >= 15 is 0 Å². The quantitative estimate of drug-likeness (QED) is 0.217. The molecule has 1 aliphatic carbocycles. The van der Waals surface area contributed by atoms with E-state index in [0.29, 0.717) is 18.1 Å². The lowest BCUT2D eigenvalue weighted by atomic mass is 9.86. The van der Waals surface area contributed by atoms with Crippen LogP contribution < -0.4 is 11.0 Å². The molecule has 6 aromatic rings. The van der Waals surface area contributed by atoms with Crippen molar-refractivity contribution in [1.29, 1.82) is 0 Å². The minimum absolute atomic E-state index is 0.619. The maximum Gasteiger partial charge on any atom is 0.164 e. The highest BCUT2D eigenvalue weighted by atomic mass is 15.1. The summed E-state index contributed by atoms with van der Waals surface area (Å²) < 4.78 is 0. The highest BCUT2D eigenvalue weighted by Gasteiger charge is 2.25. The second-order valence-corrected chi connectivity index (χ2v) is 11.0. The van der Waals surface area contributed by atoms with Crippen molar-refractivity contribution in [2.45, 2.75) is 19.8 Å².